The monoisotopic (exact) mass is 300 g/mol. The van der Waals surface area contributed by atoms with E-state index in [1.807, 2.05) is 6.07 Å². The highest BCUT2D eigenvalue weighted by atomic mass is 35.5. The molecular formula is C15H9ClN2O3. The van der Waals surface area contributed by atoms with Crippen LogP contribution in [0.1, 0.15) is 0 Å². The molecular weight excluding hydrogens is 292 g/mol. The Morgan fingerprint density at radius 1 is 1.00 bits per heavy atom. The summed E-state index contributed by atoms with van der Waals surface area (Å²) >= 11 is 5.82. The van der Waals surface area contributed by atoms with Crippen molar-refractivity contribution in [3.8, 4) is 22.6 Å². The molecule has 0 fully saturated rings. The lowest BCUT2D eigenvalue weighted by molar-refractivity contribution is -0.383. The predicted octanol–water partition coefficient (Wildman–Crippen LogP) is 4.57. The fourth-order valence-corrected chi connectivity index (χ4v) is 2.16. The van der Waals surface area contributed by atoms with Gasteiger partial charge in [0.1, 0.15) is 0 Å². The van der Waals surface area contributed by atoms with Crippen LogP contribution in [0.25, 0.3) is 22.6 Å². The van der Waals surface area contributed by atoms with E-state index in [1.165, 1.54) is 0 Å². The van der Waals surface area contributed by atoms with Gasteiger partial charge in [-0.25, -0.2) is 0 Å². The molecule has 0 aliphatic carbocycles. The zero-order valence-corrected chi connectivity index (χ0v) is 11.4. The summed E-state index contributed by atoms with van der Waals surface area (Å²) in [5.74, 6) is 0.144. The molecule has 0 bridgehead atoms. The van der Waals surface area contributed by atoms with Gasteiger partial charge in [-0.3, -0.25) is 10.1 Å². The molecule has 6 heteroatoms. The minimum absolute atomic E-state index is 0.144. The Balaban J connectivity index is 2.17. The first-order valence-electron chi connectivity index (χ1n) is 6.12. The van der Waals surface area contributed by atoms with Crippen LogP contribution < -0.4 is 0 Å². The number of benzene rings is 2. The Labute approximate surface area is 124 Å². The van der Waals surface area contributed by atoms with Crippen molar-refractivity contribution in [2.45, 2.75) is 0 Å². The van der Waals surface area contributed by atoms with Gasteiger partial charge < -0.3 is 4.52 Å². The Morgan fingerprint density at radius 3 is 2.29 bits per heavy atom. The molecule has 1 aromatic heterocycles. The largest absolute Gasteiger partial charge is 0.348 e. The van der Waals surface area contributed by atoms with Gasteiger partial charge in [0.2, 0.25) is 5.76 Å². The van der Waals surface area contributed by atoms with Crippen LogP contribution in [0, 0.1) is 10.1 Å². The van der Waals surface area contributed by atoms with Gasteiger partial charge in [-0.1, -0.05) is 59.2 Å². The quantitative estimate of drug-likeness (QED) is 0.525. The van der Waals surface area contributed by atoms with Gasteiger partial charge in [0, 0.05) is 16.1 Å². The van der Waals surface area contributed by atoms with Crippen molar-refractivity contribution < 1.29 is 9.45 Å². The van der Waals surface area contributed by atoms with Crippen LogP contribution in [0.15, 0.2) is 59.1 Å². The van der Waals surface area contributed by atoms with Crippen LogP contribution in [0.5, 0.6) is 0 Å². The number of hydrogen-bond acceptors (Lipinski definition) is 4. The average Bonchev–Trinajstić information content (AvgIpc) is 2.94. The Morgan fingerprint density at radius 2 is 1.67 bits per heavy atom. The number of aromatic nitrogens is 1. The normalized spacial score (nSPS) is 10.5. The molecule has 0 saturated carbocycles. The molecule has 104 valence electrons. The van der Waals surface area contributed by atoms with Gasteiger partial charge in [0.15, 0.2) is 5.69 Å². The third kappa shape index (κ3) is 2.51. The van der Waals surface area contributed by atoms with Crippen LogP contribution >= 0.6 is 11.6 Å². The second-order valence-corrected chi connectivity index (χ2v) is 4.78. The molecule has 0 saturated heterocycles. The highest BCUT2D eigenvalue weighted by molar-refractivity contribution is 6.30. The van der Waals surface area contributed by atoms with E-state index in [0.717, 1.165) is 0 Å². The van der Waals surface area contributed by atoms with Crippen LogP contribution in [0.4, 0.5) is 5.69 Å². The number of halogens is 1. The van der Waals surface area contributed by atoms with Crippen molar-refractivity contribution in [3.63, 3.8) is 0 Å². The molecule has 0 amide bonds. The van der Waals surface area contributed by atoms with Crippen molar-refractivity contribution in [1.29, 1.82) is 0 Å². The van der Waals surface area contributed by atoms with E-state index >= 15 is 0 Å². The number of rotatable bonds is 3. The first kappa shape index (κ1) is 13.3. The first-order chi connectivity index (χ1) is 10.2. The Kier molecular flexibility index (Phi) is 3.41. The number of nitrogens with zero attached hydrogens (tertiary/aromatic N) is 2. The van der Waals surface area contributed by atoms with E-state index in [9.17, 15) is 10.1 Å². The van der Waals surface area contributed by atoms with Gasteiger partial charge >= 0.3 is 5.69 Å². The maximum Gasteiger partial charge on any atom is 0.344 e. The molecule has 0 radical (unpaired) electrons. The maximum atomic E-state index is 11.4. The summed E-state index contributed by atoms with van der Waals surface area (Å²) < 4.78 is 5.20. The molecule has 2 aromatic carbocycles. The summed E-state index contributed by atoms with van der Waals surface area (Å²) in [5, 5.41) is 15.8. The van der Waals surface area contributed by atoms with E-state index in [2.05, 4.69) is 5.16 Å². The van der Waals surface area contributed by atoms with E-state index < -0.39 is 4.92 Å². The molecule has 1 heterocycles. The van der Waals surface area contributed by atoms with Crippen molar-refractivity contribution in [2.75, 3.05) is 0 Å². The van der Waals surface area contributed by atoms with E-state index in [4.69, 9.17) is 16.1 Å². The summed E-state index contributed by atoms with van der Waals surface area (Å²) in [5.41, 5.74) is 1.23. The Hall–Kier alpha value is -2.66. The molecule has 3 rings (SSSR count). The fraction of sp³-hybridized carbons (Fsp3) is 0. The van der Waals surface area contributed by atoms with Crippen LogP contribution in [0.2, 0.25) is 5.02 Å². The van der Waals surface area contributed by atoms with Gasteiger partial charge in [-0.15, -0.1) is 0 Å². The minimum atomic E-state index is -0.483. The molecule has 0 unspecified atom stereocenters. The Bertz CT molecular complexity index is 782. The average molecular weight is 301 g/mol. The molecule has 0 N–H and O–H groups in total. The van der Waals surface area contributed by atoms with E-state index in [-0.39, 0.29) is 17.1 Å². The molecule has 21 heavy (non-hydrogen) atoms. The second kappa shape index (κ2) is 5.38. The van der Waals surface area contributed by atoms with Gasteiger partial charge in [0.25, 0.3) is 0 Å². The smallest absolute Gasteiger partial charge is 0.344 e. The lowest BCUT2D eigenvalue weighted by atomic mass is 10.1. The third-order valence-electron chi connectivity index (χ3n) is 3.00. The summed E-state index contributed by atoms with van der Waals surface area (Å²) in [6.45, 7) is 0. The molecule has 0 aliphatic rings. The predicted molar refractivity (Wildman–Crippen MR) is 79.0 cm³/mol. The summed E-state index contributed by atoms with van der Waals surface area (Å²) in [7, 11) is 0. The topological polar surface area (TPSA) is 69.2 Å². The van der Waals surface area contributed by atoms with Crippen LogP contribution in [-0.2, 0) is 0 Å². The van der Waals surface area contributed by atoms with Gasteiger partial charge in [-0.05, 0) is 12.1 Å². The van der Waals surface area contributed by atoms with Crippen molar-refractivity contribution in [1.82, 2.24) is 5.16 Å². The highest BCUT2D eigenvalue weighted by Gasteiger charge is 2.28. The lowest BCUT2D eigenvalue weighted by Gasteiger charge is -1.97. The van der Waals surface area contributed by atoms with Crippen molar-refractivity contribution >= 4 is 17.3 Å². The highest BCUT2D eigenvalue weighted by Crippen LogP contribution is 2.38. The van der Waals surface area contributed by atoms with E-state index in [1.54, 1.807) is 48.5 Å². The number of hydrogen-bond donors (Lipinski definition) is 0. The van der Waals surface area contributed by atoms with Crippen LogP contribution in [0.3, 0.4) is 0 Å². The SMILES string of the molecule is O=[N+]([O-])c1c(-c2ccc(Cl)cc2)noc1-c1ccccc1. The molecule has 0 spiro atoms. The summed E-state index contributed by atoms with van der Waals surface area (Å²) in [6, 6.07) is 15.5. The standard InChI is InChI=1S/C15H9ClN2O3/c16-12-8-6-10(7-9-12)13-14(18(19)20)15(21-17-13)11-4-2-1-3-5-11/h1-9H. The third-order valence-corrected chi connectivity index (χ3v) is 3.26. The van der Waals surface area contributed by atoms with Crippen LogP contribution in [-0.4, -0.2) is 10.1 Å². The van der Waals surface area contributed by atoms with Gasteiger partial charge in [0.05, 0.1) is 4.92 Å². The number of nitro groups is 1. The fourth-order valence-electron chi connectivity index (χ4n) is 2.03. The first-order valence-corrected chi connectivity index (χ1v) is 6.50. The zero-order chi connectivity index (χ0) is 14.8. The molecule has 0 aliphatic heterocycles. The molecule has 0 atom stereocenters. The zero-order valence-electron chi connectivity index (χ0n) is 10.7. The molecule has 3 aromatic rings. The summed E-state index contributed by atoms with van der Waals surface area (Å²) in [6.07, 6.45) is 0. The van der Waals surface area contributed by atoms with Crippen molar-refractivity contribution in [3.05, 3.63) is 69.7 Å². The van der Waals surface area contributed by atoms with Gasteiger partial charge in [-0.2, -0.15) is 0 Å². The lowest BCUT2D eigenvalue weighted by Crippen LogP contribution is -1.91. The second-order valence-electron chi connectivity index (χ2n) is 4.34. The van der Waals surface area contributed by atoms with E-state index in [0.29, 0.717) is 16.1 Å². The van der Waals surface area contributed by atoms with Crippen molar-refractivity contribution in [2.24, 2.45) is 0 Å². The molecule has 5 nitrogen and oxygen atoms in total. The maximum absolute atomic E-state index is 11.4. The minimum Gasteiger partial charge on any atom is -0.348 e. The summed E-state index contributed by atoms with van der Waals surface area (Å²) in [4.78, 5) is 10.9.